The summed E-state index contributed by atoms with van der Waals surface area (Å²) in [5, 5.41) is 5.32. The number of amides is 3. The lowest BCUT2D eigenvalue weighted by molar-refractivity contribution is -0.133. The normalized spacial score (nSPS) is 20.2. The molecule has 0 unspecified atom stereocenters. The maximum atomic E-state index is 11.7. The van der Waals surface area contributed by atoms with Gasteiger partial charge in [-0.2, -0.15) is 0 Å². The minimum absolute atomic E-state index is 0.0257. The molecule has 0 aromatic carbocycles. The van der Waals surface area contributed by atoms with E-state index in [4.69, 9.17) is 0 Å². The Bertz CT molecular complexity index is 366. The highest BCUT2D eigenvalue weighted by Crippen LogP contribution is 2.06. The minimum Gasteiger partial charge on any atom is -0.354 e. The predicted molar refractivity (Wildman–Crippen MR) is 68.3 cm³/mol. The third kappa shape index (κ3) is 4.20. The average Bonchev–Trinajstić information content (AvgIpc) is 2.90. The van der Waals surface area contributed by atoms with Gasteiger partial charge in [-0.25, -0.2) is 0 Å². The molecule has 0 radical (unpaired) electrons. The lowest BCUT2D eigenvalue weighted by atomic mass is 10.3. The van der Waals surface area contributed by atoms with Crippen molar-refractivity contribution in [2.75, 3.05) is 45.8 Å². The zero-order valence-electron chi connectivity index (χ0n) is 11.0. The molecule has 2 saturated heterocycles. The fraction of sp³-hybridized carbons (Fsp3) is 0.750. The summed E-state index contributed by atoms with van der Waals surface area (Å²) in [6.45, 7) is 3.28. The van der Waals surface area contributed by atoms with Gasteiger partial charge in [0.05, 0.1) is 19.6 Å². The van der Waals surface area contributed by atoms with E-state index in [9.17, 15) is 14.4 Å². The van der Waals surface area contributed by atoms with E-state index in [0.717, 1.165) is 25.9 Å². The summed E-state index contributed by atoms with van der Waals surface area (Å²) in [6, 6.07) is 0. The number of piperazine rings is 1. The molecule has 0 aromatic rings. The van der Waals surface area contributed by atoms with Gasteiger partial charge in [-0.15, -0.1) is 0 Å². The van der Waals surface area contributed by atoms with Gasteiger partial charge in [0.2, 0.25) is 17.7 Å². The number of likely N-dealkylation sites (tertiary alicyclic amines) is 1. The number of rotatable bonds is 4. The summed E-state index contributed by atoms with van der Waals surface area (Å²) in [6.07, 6.45) is 2.09. The Labute approximate surface area is 112 Å². The van der Waals surface area contributed by atoms with E-state index >= 15 is 0 Å². The first-order valence-electron chi connectivity index (χ1n) is 6.68. The molecule has 0 saturated carbocycles. The Balaban J connectivity index is 1.66. The molecule has 19 heavy (non-hydrogen) atoms. The SMILES string of the molecule is O=C1CN(CC(=O)NCC(=O)N2CCCC2)CCN1. The molecule has 0 aliphatic carbocycles. The van der Waals surface area contributed by atoms with Crippen molar-refractivity contribution >= 4 is 17.7 Å². The van der Waals surface area contributed by atoms with E-state index in [1.54, 1.807) is 9.80 Å². The Morgan fingerprint density at radius 3 is 2.63 bits per heavy atom. The van der Waals surface area contributed by atoms with Gasteiger partial charge >= 0.3 is 0 Å². The van der Waals surface area contributed by atoms with Crippen molar-refractivity contribution in [3.05, 3.63) is 0 Å². The van der Waals surface area contributed by atoms with Crippen LogP contribution in [0.5, 0.6) is 0 Å². The highest BCUT2D eigenvalue weighted by Gasteiger charge is 2.20. The minimum atomic E-state index is -0.206. The molecule has 2 rings (SSSR count). The molecule has 7 nitrogen and oxygen atoms in total. The molecule has 0 bridgehead atoms. The highest BCUT2D eigenvalue weighted by molar-refractivity contribution is 5.86. The Morgan fingerprint density at radius 2 is 1.95 bits per heavy atom. The second kappa shape index (κ2) is 6.51. The maximum absolute atomic E-state index is 11.7. The van der Waals surface area contributed by atoms with Crippen LogP contribution in [0.3, 0.4) is 0 Å². The van der Waals surface area contributed by atoms with E-state index in [1.807, 2.05) is 0 Å². The molecule has 106 valence electrons. The lowest BCUT2D eigenvalue weighted by Crippen LogP contribution is -2.51. The quantitative estimate of drug-likeness (QED) is 0.627. The molecule has 2 aliphatic heterocycles. The molecule has 3 amide bonds. The van der Waals surface area contributed by atoms with Crippen molar-refractivity contribution in [3.8, 4) is 0 Å². The second-order valence-corrected chi connectivity index (χ2v) is 4.93. The van der Waals surface area contributed by atoms with E-state index < -0.39 is 0 Å². The third-order valence-electron chi connectivity index (χ3n) is 3.38. The van der Waals surface area contributed by atoms with Crippen molar-refractivity contribution in [2.45, 2.75) is 12.8 Å². The average molecular weight is 268 g/mol. The predicted octanol–water partition coefficient (Wildman–Crippen LogP) is -1.84. The van der Waals surface area contributed by atoms with E-state index in [2.05, 4.69) is 10.6 Å². The molecule has 2 heterocycles. The smallest absolute Gasteiger partial charge is 0.241 e. The number of carbonyl (C=O) groups is 3. The van der Waals surface area contributed by atoms with Crippen LogP contribution in [0, 0.1) is 0 Å². The first-order chi connectivity index (χ1) is 9.15. The first-order valence-corrected chi connectivity index (χ1v) is 6.68. The van der Waals surface area contributed by atoms with Crippen molar-refractivity contribution in [2.24, 2.45) is 0 Å². The van der Waals surface area contributed by atoms with Crippen LogP contribution in [0.15, 0.2) is 0 Å². The molecule has 0 aromatic heterocycles. The molecular formula is C12H20N4O3. The summed E-state index contributed by atoms with van der Waals surface area (Å²) >= 11 is 0. The molecule has 0 spiro atoms. The van der Waals surface area contributed by atoms with Crippen LogP contribution in [0.4, 0.5) is 0 Å². The number of hydrogen-bond donors (Lipinski definition) is 2. The van der Waals surface area contributed by atoms with Crippen molar-refractivity contribution in [3.63, 3.8) is 0 Å². The van der Waals surface area contributed by atoms with E-state index in [1.165, 1.54) is 0 Å². The van der Waals surface area contributed by atoms with Gasteiger partial charge in [0.15, 0.2) is 0 Å². The fourth-order valence-electron chi connectivity index (χ4n) is 2.34. The Morgan fingerprint density at radius 1 is 1.21 bits per heavy atom. The molecular weight excluding hydrogens is 248 g/mol. The lowest BCUT2D eigenvalue weighted by Gasteiger charge is -2.25. The Kier molecular flexibility index (Phi) is 4.73. The summed E-state index contributed by atoms with van der Waals surface area (Å²) in [5.74, 6) is -0.295. The van der Waals surface area contributed by atoms with Crippen LogP contribution < -0.4 is 10.6 Å². The first kappa shape index (κ1) is 13.8. The summed E-state index contributed by atoms with van der Waals surface area (Å²) in [7, 11) is 0. The highest BCUT2D eigenvalue weighted by atomic mass is 16.2. The largest absolute Gasteiger partial charge is 0.354 e. The monoisotopic (exact) mass is 268 g/mol. The van der Waals surface area contributed by atoms with Gasteiger partial charge < -0.3 is 15.5 Å². The van der Waals surface area contributed by atoms with E-state index in [0.29, 0.717) is 13.1 Å². The number of hydrogen-bond acceptors (Lipinski definition) is 4. The molecule has 0 atom stereocenters. The molecule has 7 heteroatoms. The van der Waals surface area contributed by atoms with Crippen LogP contribution in [-0.4, -0.2) is 73.3 Å². The molecule has 2 fully saturated rings. The van der Waals surface area contributed by atoms with Gasteiger partial charge in [0, 0.05) is 26.2 Å². The fourth-order valence-corrected chi connectivity index (χ4v) is 2.34. The van der Waals surface area contributed by atoms with Crippen LogP contribution in [0.2, 0.25) is 0 Å². The zero-order chi connectivity index (χ0) is 13.7. The number of nitrogens with zero attached hydrogens (tertiary/aromatic N) is 2. The summed E-state index contributed by atoms with van der Waals surface area (Å²) < 4.78 is 0. The molecule has 2 aliphatic rings. The Hall–Kier alpha value is -1.63. The van der Waals surface area contributed by atoms with Gasteiger partial charge in [-0.1, -0.05) is 0 Å². The van der Waals surface area contributed by atoms with Crippen LogP contribution >= 0.6 is 0 Å². The van der Waals surface area contributed by atoms with Gasteiger partial charge in [0.1, 0.15) is 0 Å². The second-order valence-electron chi connectivity index (χ2n) is 4.93. The van der Waals surface area contributed by atoms with Crippen LogP contribution in [0.25, 0.3) is 0 Å². The third-order valence-corrected chi connectivity index (χ3v) is 3.38. The van der Waals surface area contributed by atoms with Gasteiger partial charge in [-0.05, 0) is 12.8 Å². The van der Waals surface area contributed by atoms with Gasteiger partial charge in [0.25, 0.3) is 0 Å². The van der Waals surface area contributed by atoms with Crippen LogP contribution in [-0.2, 0) is 14.4 Å². The van der Waals surface area contributed by atoms with Gasteiger partial charge in [-0.3, -0.25) is 19.3 Å². The topological polar surface area (TPSA) is 81.8 Å². The van der Waals surface area contributed by atoms with Crippen LogP contribution in [0.1, 0.15) is 12.8 Å². The van der Waals surface area contributed by atoms with Crippen molar-refractivity contribution in [1.82, 2.24) is 20.4 Å². The van der Waals surface area contributed by atoms with E-state index in [-0.39, 0.29) is 37.4 Å². The standard InChI is InChI=1S/C12H20N4O3/c17-10-8-15(6-3-13-10)9-11(18)14-7-12(19)16-4-1-2-5-16/h1-9H2,(H,13,17)(H,14,18). The summed E-state index contributed by atoms with van der Waals surface area (Å²) in [5.41, 5.74) is 0. The number of nitrogens with one attached hydrogen (secondary N) is 2. The zero-order valence-corrected chi connectivity index (χ0v) is 11.0. The molecule has 2 N–H and O–H groups in total. The maximum Gasteiger partial charge on any atom is 0.241 e. The summed E-state index contributed by atoms with van der Waals surface area (Å²) in [4.78, 5) is 38.1. The van der Waals surface area contributed by atoms with Crippen molar-refractivity contribution < 1.29 is 14.4 Å². The number of carbonyl (C=O) groups excluding carboxylic acids is 3. The van der Waals surface area contributed by atoms with Crippen molar-refractivity contribution in [1.29, 1.82) is 0 Å².